The standard InChI is InChI=1S/C20H22O5/c1-23-15-10-12-16(18(13-15)24-2)17(19(21)20(22)25-3)11-9-14-7-5-4-6-8-14/h4-13,17,19,21H,1-3H3/b11-9+/t17-,19-/m1/s1. The number of aliphatic hydroxyl groups is 1. The Balaban J connectivity index is 2.44. The highest BCUT2D eigenvalue weighted by Crippen LogP contribution is 2.34. The topological polar surface area (TPSA) is 65.0 Å². The Hall–Kier alpha value is -2.79. The van der Waals surface area contributed by atoms with Gasteiger partial charge in [-0.25, -0.2) is 4.79 Å². The van der Waals surface area contributed by atoms with Crippen LogP contribution in [0.25, 0.3) is 6.08 Å². The van der Waals surface area contributed by atoms with E-state index in [4.69, 9.17) is 14.2 Å². The first-order valence-corrected chi connectivity index (χ1v) is 7.81. The number of esters is 1. The quantitative estimate of drug-likeness (QED) is 0.784. The van der Waals surface area contributed by atoms with E-state index in [0.717, 1.165) is 5.56 Å². The van der Waals surface area contributed by atoms with E-state index < -0.39 is 18.0 Å². The molecular formula is C20H22O5. The van der Waals surface area contributed by atoms with Gasteiger partial charge in [0.2, 0.25) is 0 Å². The molecule has 2 aromatic rings. The third-order valence-corrected chi connectivity index (χ3v) is 3.88. The number of hydrogen-bond donors (Lipinski definition) is 1. The molecule has 2 atom stereocenters. The Morgan fingerprint density at radius 3 is 2.36 bits per heavy atom. The van der Waals surface area contributed by atoms with Gasteiger partial charge in [-0.05, 0) is 11.6 Å². The first-order valence-electron chi connectivity index (χ1n) is 7.81. The van der Waals surface area contributed by atoms with Crippen LogP contribution >= 0.6 is 0 Å². The van der Waals surface area contributed by atoms with E-state index in [-0.39, 0.29) is 0 Å². The molecule has 0 saturated carbocycles. The molecule has 0 aliphatic carbocycles. The van der Waals surface area contributed by atoms with E-state index in [2.05, 4.69) is 0 Å². The minimum atomic E-state index is -1.35. The van der Waals surface area contributed by atoms with E-state index in [9.17, 15) is 9.90 Å². The molecule has 0 amide bonds. The Morgan fingerprint density at radius 1 is 1.04 bits per heavy atom. The number of hydrogen-bond acceptors (Lipinski definition) is 5. The van der Waals surface area contributed by atoms with Crippen LogP contribution in [0.1, 0.15) is 17.0 Å². The van der Waals surface area contributed by atoms with Crippen molar-refractivity contribution < 1.29 is 24.1 Å². The van der Waals surface area contributed by atoms with Gasteiger partial charge in [-0.2, -0.15) is 0 Å². The van der Waals surface area contributed by atoms with Crippen molar-refractivity contribution in [2.45, 2.75) is 12.0 Å². The highest BCUT2D eigenvalue weighted by atomic mass is 16.5. The molecule has 0 saturated heterocycles. The summed E-state index contributed by atoms with van der Waals surface area (Å²) >= 11 is 0. The molecule has 5 heteroatoms. The Morgan fingerprint density at radius 2 is 1.76 bits per heavy atom. The van der Waals surface area contributed by atoms with Crippen LogP contribution in [0, 0.1) is 0 Å². The van der Waals surface area contributed by atoms with E-state index in [1.807, 2.05) is 36.4 Å². The molecule has 25 heavy (non-hydrogen) atoms. The molecule has 2 rings (SSSR count). The highest BCUT2D eigenvalue weighted by Gasteiger charge is 2.29. The summed E-state index contributed by atoms with van der Waals surface area (Å²) in [6, 6.07) is 14.9. The van der Waals surface area contributed by atoms with Crippen LogP contribution in [-0.2, 0) is 9.53 Å². The fourth-order valence-electron chi connectivity index (χ4n) is 2.52. The maximum atomic E-state index is 11.9. The second-order valence-electron chi connectivity index (χ2n) is 5.37. The van der Waals surface area contributed by atoms with Crippen LogP contribution in [0.4, 0.5) is 0 Å². The lowest BCUT2D eigenvalue weighted by atomic mass is 9.91. The smallest absolute Gasteiger partial charge is 0.335 e. The van der Waals surface area contributed by atoms with Gasteiger partial charge in [-0.15, -0.1) is 0 Å². The average Bonchev–Trinajstić information content (AvgIpc) is 2.68. The zero-order valence-corrected chi connectivity index (χ0v) is 14.5. The molecule has 0 aromatic heterocycles. The minimum Gasteiger partial charge on any atom is -0.497 e. The maximum Gasteiger partial charge on any atom is 0.335 e. The third kappa shape index (κ3) is 4.61. The molecular weight excluding hydrogens is 320 g/mol. The summed E-state index contributed by atoms with van der Waals surface area (Å²) in [4.78, 5) is 11.9. The monoisotopic (exact) mass is 342 g/mol. The SMILES string of the molecule is COC(=O)[C@H](O)[C@H](/C=C/c1ccccc1)c1ccc(OC)cc1OC. The molecule has 0 aliphatic rings. The van der Waals surface area contributed by atoms with Gasteiger partial charge in [0.15, 0.2) is 6.10 Å². The number of carbonyl (C=O) groups excluding carboxylic acids is 1. The van der Waals surface area contributed by atoms with Crippen LogP contribution in [0.15, 0.2) is 54.6 Å². The fraction of sp³-hybridized carbons (Fsp3) is 0.250. The van der Waals surface area contributed by atoms with E-state index in [1.165, 1.54) is 14.2 Å². The van der Waals surface area contributed by atoms with Gasteiger partial charge in [0.25, 0.3) is 0 Å². The molecule has 2 aromatic carbocycles. The summed E-state index contributed by atoms with van der Waals surface area (Å²) in [5.41, 5.74) is 1.62. The fourth-order valence-corrected chi connectivity index (χ4v) is 2.52. The van der Waals surface area contributed by atoms with Gasteiger partial charge < -0.3 is 19.3 Å². The minimum absolute atomic E-state index is 0.519. The van der Waals surface area contributed by atoms with Gasteiger partial charge >= 0.3 is 5.97 Å². The normalized spacial score (nSPS) is 13.3. The number of methoxy groups -OCH3 is 3. The second kappa shape index (κ2) is 8.89. The lowest BCUT2D eigenvalue weighted by Gasteiger charge is -2.21. The molecule has 0 bridgehead atoms. The summed E-state index contributed by atoms with van der Waals surface area (Å²) in [6.07, 6.45) is 2.26. The number of carbonyl (C=O) groups is 1. The van der Waals surface area contributed by atoms with Crippen molar-refractivity contribution in [2.24, 2.45) is 0 Å². The zero-order chi connectivity index (χ0) is 18.2. The zero-order valence-electron chi connectivity index (χ0n) is 14.5. The summed E-state index contributed by atoms with van der Waals surface area (Å²) in [6.45, 7) is 0. The predicted octanol–water partition coefficient (Wildman–Crippen LogP) is 3.03. The second-order valence-corrected chi connectivity index (χ2v) is 5.37. The van der Waals surface area contributed by atoms with Crippen LogP contribution in [0.3, 0.4) is 0 Å². The van der Waals surface area contributed by atoms with Crippen molar-refractivity contribution in [3.05, 3.63) is 65.7 Å². The lowest BCUT2D eigenvalue weighted by molar-refractivity contribution is -0.150. The highest BCUT2D eigenvalue weighted by molar-refractivity contribution is 5.77. The lowest BCUT2D eigenvalue weighted by Crippen LogP contribution is -2.28. The van der Waals surface area contributed by atoms with Crippen LogP contribution in [-0.4, -0.2) is 38.5 Å². The Bertz CT molecular complexity index is 724. The number of benzene rings is 2. The molecule has 1 N–H and O–H groups in total. The van der Waals surface area contributed by atoms with Gasteiger partial charge in [-0.3, -0.25) is 0 Å². The maximum absolute atomic E-state index is 11.9. The molecule has 0 spiro atoms. The Labute approximate surface area is 147 Å². The molecule has 0 radical (unpaired) electrons. The van der Waals surface area contributed by atoms with Crippen LogP contribution < -0.4 is 9.47 Å². The van der Waals surface area contributed by atoms with Gasteiger partial charge in [0.1, 0.15) is 11.5 Å². The molecule has 0 aliphatic heterocycles. The Kier molecular flexibility index (Phi) is 6.60. The van der Waals surface area contributed by atoms with Crippen molar-refractivity contribution in [3.8, 4) is 11.5 Å². The van der Waals surface area contributed by atoms with Crippen molar-refractivity contribution in [3.63, 3.8) is 0 Å². The van der Waals surface area contributed by atoms with Crippen LogP contribution in [0.5, 0.6) is 11.5 Å². The van der Waals surface area contributed by atoms with Crippen LogP contribution in [0.2, 0.25) is 0 Å². The third-order valence-electron chi connectivity index (χ3n) is 3.88. The predicted molar refractivity (Wildman–Crippen MR) is 95.8 cm³/mol. The largest absolute Gasteiger partial charge is 0.497 e. The van der Waals surface area contributed by atoms with Crippen molar-refractivity contribution in [1.82, 2.24) is 0 Å². The first kappa shape index (κ1) is 18.5. The van der Waals surface area contributed by atoms with Gasteiger partial charge in [-0.1, -0.05) is 48.6 Å². The molecule has 132 valence electrons. The molecule has 0 heterocycles. The van der Waals surface area contributed by atoms with E-state index in [0.29, 0.717) is 17.1 Å². The van der Waals surface area contributed by atoms with E-state index >= 15 is 0 Å². The summed E-state index contributed by atoms with van der Waals surface area (Å²) in [5.74, 6) is -0.196. The first-order chi connectivity index (χ1) is 12.1. The number of ether oxygens (including phenoxy) is 3. The average molecular weight is 342 g/mol. The van der Waals surface area contributed by atoms with Crippen molar-refractivity contribution in [1.29, 1.82) is 0 Å². The molecule has 5 nitrogen and oxygen atoms in total. The summed E-state index contributed by atoms with van der Waals surface area (Å²) in [7, 11) is 4.33. The summed E-state index contributed by atoms with van der Waals surface area (Å²) in [5, 5.41) is 10.4. The number of rotatable bonds is 7. The van der Waals surface area contributed by atoms with E-state index in [1.54, 1.807) is 31.4 Å². The van der Waals surface area contributed by atoms with Gasteiger partial charge in [0, 0.05) is 17.5 Å². The van der Waals surface area contributed by atoms with Crippen molar-refractivity contribution in [2.75, 3.05) is 21.3 Å². The molecule has 0 unspecified atom stereocenters. The molecule has 0 fully saturated rings. The number of aliphatic hydroxyl groups excluding tert-OH is 1. The van der Waals surface area contributed by atoms with Gasteiger partial charge in [0.05, 0.1) is 21.3 Å². The summed E-state index contributed by atoms with van der Waals surface area (Å²) < 4.78 is 15.3. The van der Waals surface area contributed by atoms with Crippen molar-refractivity contribution >= 4 is 12.0 Å².